The molecule has 0 aliphatic heterocycles. The summed E-state index contributed by atoms with van der Waals surface area (Å²) in [4.78, 5) is 11.9. The number of amides is 1. The van der Waals surface area contributed by atoms with Crippen molar-refractivity contribution in [1.82, 2.24) is 10.5 Å². The second kappa shape index (κ2) is 8.17. The number of rotatable bonds is 6. The highest BCUT2D eigenvalue weighted by molar-refractivity contribution is 5.85. The third-order valence-electron chi connectivity index (χ3n) is 3.10. The molecule has 0 aromatic carbocycles. The molecule has 0 saturated heterocycles. The summed E-state index contributed by atoms with van der Waals surface area (Å²) in [7, 11) is 0. The second-order valence-corrected chi connectivity index (χ2v) is 4.60. The number of hydrogen-bond donors (Lipinski definition) is 2. The van der Waals surface area contributed by atoms with Gasteiger partial charge in [-0.05, 0) is 26.7 Å². The SMILES string of the molecule is CCCC(N)C(=O)NC(CC)c1c(C)noc1C.Cl. The van der Waals surface area contributed by atoms with E-state index in [4.69, 9.17) is 10.3 Å². The smallest absolute Gasteiger partial charge is 0.237 e. The first-order valence-electron chi connectivity index (χ1n) is 6.49. The first-order valence-corrected chi connectivity index (χ1v) is 6.49. The summed E-state index contributed by atoms with van der Waals surface area (Å²) in [6.07, 6.45) is 2.38. The number of nitrogens with two attached hydrogens (primary N) is 1. The number of nitrogens with zero attached hydrogens (tertiary/aromatic N) is 1. The molecule has 1 aromatic rings. The van der Waals surface area contributed by atoms with Crippen LogP contribution in [0.4, 0.5) is 0 Å². The molecule has 0 aliphatic rings. The van der Waals surface area contributed by atoms with Crippen molar-refractivity contribution < 1.29 is 9.32 Å². The largest absolute Gasteiger partial charge is 0.361 e. The van der Waals surface area contributed by atoms with E-state index in [2.05, 4.69) is 10.5 Å². The molecule has 1 heterocycles. The molecule has 0 aliphatic carbocycles. The maximum absolute atomic E-state index is 11.9. The Morgan fingerprint density at radius 1 is 1.42 bits per heavy atom. The number of aromatic nitrogens is 1. The van der Waals surface area contributed by atoms with E-state index < -0.39 is 6.04 Å². The zero-order chi connectivity index (χ0) is 13.7. The molecule has 2 atom stereocenters. The summed E-state index contributed by atoms with van der Waals surface area (Å²) in [5.41, 5.74) is 7.60. The van der Waals surface area contributed by atoms with Crippen molar-refractivity contribution in [3.05, 3.63) is 17.0 Å². The van der Waals surface area contributed by atoms with Crippen LogP contribution in [0.15, 0.2) is 4.52 Å². The van der Waals surface area contributed by atoms with Crippen LogP contribution in [0.1, 0.15) is 56.2 Å². The summed E-state index contributed by atoms with van der Waals surface area (Å²) in [6.45, 7) is 7.77. The number of aryl methyl sites for hydroxylation is 2. The Hall–Kier alpha value is -1.07. The molecule has 0 fully saturated rings. The molecule has 5 nitrogen and oxygen atoms in total. The van der Waals surface area contributed by atoms with Gasteiger partial charge in [-0.2, -0.15) is 0 Å². The predicted molar refractivity (Wildman–Crippen MR) is 77.3 cm³/mol. The normalized spacial score (nSPS) is 13.5. The van der Waals surface area contributed by atoms with Crippen LogP contribution in [0.25, 0.3) is 0 Å². The summed E-state index contributed by atoms with van der Waals surface area (Å²) in [5, 5.41) is 6.89. The maximum atomic E-state index is 11.9. The lowest BCUT2D eigenvalue weighted by Crippen LogP contribution is -2.42. The van der Waals surface area contributed by atoms with Crippen molar-refractivity contribution >= 4 is 18.3 Å². The quantitative estimate of drug-likeness (QED) is 0.842. The average Bonchev–Trinajstić information content (AvgIpc) is 2.66. The summed E-state index contributed by atoms with van der Waals surface area (Å²) in [6, 6.07) is -0.517. The fourth-order valence-corrected chi connectivity index (χ4v) is 2.09. The zero-order valence-electron chi connectivity index (χ0n) is 12.0. The Bertz CT molecular complexity index is 387. The van der Waals surface area contributed by atoms with Crippen LogP contribution in [0, 0.1) is 13.8 Å². The molecule has 1 amide bonds. The van der Waals surface area contributed by atoms with Gasteiger partial charge in [-0.15, -0.1) is 12.4 Å². The predicted octanol–water partition coefficient (Wildman–Crippen LogP) is 2.41. The molecular formula is C13H24ClN3O2. The van der Waals surface area contributed by atoms with Crippen molar-refractivity contribution in [2.24, 2.45) is 5.73 Å². The second-order valence-electron chi connectivity index (χ2n) is 4.60. The molecule has 0 saturated carbocycles. The van der Waals surface area contributed by atoms with Gasteiger partial charge in [0.25, 0.3) is 0 Å². The Morgan fingerprint density at radius 2 is 2.05 bits per heavy atom. The molecule has 0 spiro atoms. The molecule has 0 bridgehead atoms. The van der Waals surface area contributed by atoms with Crippen LogP contribution in [0.3, 0.4) is 0 Å². The van der Waals surface area contributed by atoms with E-state index in [0.29, 0.717) is 6.42 Å². The van der Waals surface area contributed by atoms with Gasteiger partial charge in [0, 0.05) is 5.56 Å². The Morgan fingerprint density at radius 3 is 2.47 bits per heavy atom. The molecule has 1 rings (SSSR count). The van der Waals surface area contributed by atoms with E-state index in [1.165, 1.54) is 0 Å². The molecule has 6 heteroatoms. The summed E-state index contributed by atoms with van der Waals surface area (Å²) in [5.74, 6) is 0.646. The Balaban J connectivity index is 0.00000324. The molecule has 0 radical (unpaired) electrons. The molecule has 19 heavy (non-hydrogen) atoms. The van der Waals surface area contributed by atoms with Gasteiger partial charge in [0.2, 0.25) is 5.91 Å². The third-order valence-corrected chi connectivity index (χ3v) is 3.10. The van der Waals surface area contributed by atoms with Crippen LogP contribution in [-0.4, -0.2) is 17.1 Å². The number of carbonyl (C=O) groups is 1. The van der Waals surface area contributed by atoms with E-state index in [1.807, 2.05) is 27.7 Å². The Kier molecular flexibility index (Phi) is 7.71. The fraction of sp³-hybridized carbons (Fsp3) is 0.692. The molecule has 2 unspecified atom stereocenters. The minimum absolute atomic E-state index is 0. The van der Waals surface area contributed by atoms with Crippen molar-refractivity contribution in [2.45, 2.75) is 59.0 Å². The van der Waals surface area contributed by atoms with Gasteiger partial charge in [-0.25, -0.2) is 0 Å². The van der Waals surface area contributed by atoms with Crippen molar-refractivity contribution in [1.29, 1.82) is 0 Å². The number of halogens is 1. The van der Waals surface area contributed by atoms with Gasteiger partial charge < -0.3 is 15.6 Å². The van der Waals surface area contributed by atoms with Gasteiger partial charge in [-0.1, -0.05) is 25.4 Å². The number of carbonyl (C=O) groups excluding carboxylic acids is 1. The highest BCUT2D eigenvalue weighted by Gasteiger charge is 2.22. The minimum atomic E-state index is -0.440. The van der Waals surface area contributed by atoms with Crippen LogP contribution < -0.4 is 11.1 Å². The van der Waals surface area contributed by atoms with Gasteiger partial charge in [0.1, 0.15) is 5.76 Å². The lowest BCUT2D eigenvalue weighted by molar-refractivity contribution is -0.123. The third kappa shape index (κ3) is 4.51. The molecule has 1 aromatic heterocycles. The zero-order valence-corrected chi connectivity index (χ0v) is 12.8. The first-order chi connectivity index (χ1) is 8.51. The van der Waals surface area contributed by atoms with Gasteiger partial charge in [0.15, 0.2) is 0 Å². The standard InChI is InChI=1S/C13H23N3O2.ClH/c1-5-7-10(14)13(17)15-11(6-2)12-8(3)16-18-9(12)4;/h10-11H,5-7,14H2,1-4H3,(H,15,17);1H. The molecule has 3 N–H and O–H groups in total. The lowest BCUT2D eigenvalue weighted by atomic mass is 10.0. The van der Waals surface area contributed by atoms with Gasteiger partial charge in [-0.3, -0.25) is 4.79 Å². The van der Waals surface area contributed by atoms with Crippen LogP contribution in [0.2, 0.25) is 0 Å². The van der Waals surface area contributed by atoms with E-state index >= 15 is 0 Å². The van der Waals surface area contributed by atoms with Gasteiger partial charge in [0.05, 0.1) is 17.8 Å². The highest BCUT2D eigenvalue weighted by atomic mass is 35.5. The van der Waals surface area contributed by atoms with Crippen molar-refractivity contribution in [3.8, 4) is 0 Å². The summed E-state index contributed by atoms with van der Waals surface area (Å²) >= 11 is 0. The topological polar surface area (TPSA) is 81.2 Å². The van der Waals surface area contributed by atoms with E-state index in [-0.39, 0.29) is 24.4 Å². The van der Waals surface area contributed by atoms with Gasteiger partial charge >= 0.3 is 0 Å². The van der Waals surface area contributed by atoms with Crippen LogP contribution in [-0.2, 0) is 4.79 Å². The fourth-order valence-electron chi connectivity index (χ4n) is 2.09. The van der Waals surface area contributed by atoms with Crippen molar-refractivity contribution in [2.75, 3.05) is 0 Å². The highest BCUT2D eigenvalue weighted by Crippen LogP contribution is 2.23. The lowest BCUT2D eigenvalue weighted by Gasteiger charge is -2.19. The Labute approximate surface area is 120 Å². The van der Waals surface area contributed by atoms with E-state index in [1.54, 1.807) is 0 Å². The van der Waals surface area contributed by atoms with Crippen LogP contribution in [0.5, 0.6) is 0 Å². The number of nitrogens with one attached hydrogen (secondary N) is 1. The average molecular weight is 290 g/mol. The first kappa shape index (κ1) is 17.9. The molecule has 110 valence electrons. The van der Waals surface area contributed by atoms with Crippen LogP contribution >= 0.6 is 12.4 Å². The summed E-state index contributed by atoms with van der Waals surface area (Å²) < 4.78 is 5.14. The van der Waals surface area contributed by atoms with Crippen molar-refractivity contribution in [3.63, 3.8) is 0 Å². The van der Waals surface area contributed by atoms with E-state index in [9.17, 15) is 4.79 Å². The monoisotopic (exact) mass is 289 g/mol. The molecular weight excluding hydrogens is 266 g/mol. The van der Waals surface area contributed by atoms with E-state index in [0.717, 1.165) is 29.9 Å². The number of hydrogen-bond acceptors (Lipinski definition) is 4. The maximum Gasteiger partial charge on any atom is 0.237 e. The minimum Gasteiger partial charge on any atom is -0.361 e.